The number of nitrogens with one attached hydrogen (secondary N) is 1. The van der Waals surface area contributed by atoms with Gasteiger partial charge in [-0.05, 0) is 12.1 Å². The van der Waals surface area contributed by atoms with Gasteiger partial charge in [0.1, 0.15) is 6.33 Å². The first-order valence-corrected chi connectivity index (χ1v) is 5.46. The van der Waals surface area contributed by atoms with Crippen LogP contribution in [0.2, 0.25) is 0 Å². The molecule has 0 saturated heterocycles. The van der Waals surface area contributed by atoms with Crippen molar-refractivity contribution in [1.29, 1.82) is 0 Å². The molecule has 0 radical (unpaired) electrons. The number of fused-ring (bicyclic) bond motifs is 1. The number of anilines is 1. The summed E-state index contributed by atoms with van der Waals surface area (Å²) >= 11 is 0. The third-order valence-electron chi connectivity index (χ3n) is 2.66. The van der Waals surface area contributed by atoms with E-state index in [9.17, 15) is 4.79 Å². The molecule has 0 aliphatic heterocycles. The largest absolute Gasteiger partial charge is 0.331 e. The third-order valence-corrected chi connectivity index (χ3v) is 2.66. The maximum atomic E-state index is 11.9. The third kappa shape index (κ3) is 1.82. The topological polar surface area (TPSA) is 59.8 Å². The van der Waals surface area contributed by atoms with Gasteiger partial charge in [0.05, 0.1) is 5.69 Å². The zero-order valence-electron chi connectivity index (χ0n) is 9.45. The van der Waals surface area contributed by atoms with Gasteiger partial charge in [0.15, 0.2) is 0 Å². The van der Waals surface area contributed by atoms with E-state index < -0.39 is 0 Å². The monoisotopic (exact) mass is 238 g/mol. The summed E-state index contributed by atoms with van der Waals surface area (Å²) in [7, 11) is 0. The first-order chi connectivity index (χ1) is 8.84. The van der Waals surface area contributed by atoms with E-state index >= 15 is 0 Å². The van der Waals surface area contributed by atoms with E-state index in [-0.39, 0.29) is 6.03 Å². The van der Waals surface area contributed by atoms with Gasteiger partial charge in [0.25, 0.3) is 0 Å². The van der Waals surface area contributed by atoms with Crippen LogP contribution in [0.1, 0.15) is 0 Å². The molecule has 88 valence electrons. The Bertz CT molecular complexity index is 686. The summed E-state index contributed by atoms with van der Waals surface area (Å²) in [6.45, 7) is 0. The first kappa shape index (κ1) is 10.5. The maximum Gasteiger partial charge on any atom is 0.331 e. The number of rotatable bonds is 1. The minimum atomic E-state index is -0.239. The summed E-state index contributed by atoms with van der Waals surface area (Å²) in [6.07, 6.45) is 8.09. The van der Waals surface area contributed by atoms with Crippen LogP contribution in [0.3, 0.4) is 0 Å². The van der Waals surface area contributed by atoms with Crippen molar-refractivity contribution in [3.05, 3.63) is 55.4 Å². The fraction of sp³-hybridized carbons (Fsp3) is 0. The molecule has 0 atom stereocenters. The second kappa shape index (κ2) is 4.29. The molecule has 2 heterocycles. The van der Waals surface area contributed by atoms with Gasteiger partial charge in [-0.25, -0.2) is 9.78 Å². The number of amides is 1. The van der Waals surface area contributed by atoms with E-state index in [1.807, 2.05) is 24.3 Å². The van der Waals surface area contributed by atoms with E-state index in [1.165, 1.54) is 10.9 Å². The Kier molecular flexibility index (Phi) is 2.49. The number of imidazole rings is 1. The van der Waals surface area contributed by atoms with Crippen LogP contribution in [0.4, 0.5) is 10.5 Å². The minimum Gasteiger partial charge on any atom is -0.307 e. The molecule has 3 rings (SSSR count). The smallest absolute Gasteiger partial charge is 0.307 e. The lowest BCUT2D eigenvalue weighted by molar-refractivity contribution is 0.253. The average Bonchev–Trinajstić information content (AvgIpc) is 2.93. The van der Waals surface area contributed by atoms with Gasteiger partial charge >= 0.3 is 6.03 Å². The molecule has 1 amide bonds. The molecule has 0 saturated carbocycles. The number of hydrogen-bond acceptors (Lipinski definition) is 3. The second-order valence-corrected chi connectivity index (χ2v) is 3.80. The van der Waals surface area contributed by atoms with Crippen LogP contribution >= 0.6 is 0 Å². The van der Waals surface area contributed by atoms with Crippen LogP contribution in [-0.4, -0.2) is 20.6 Å². The summed E-state index contributed by atoms with van der Waals surface area (Å²) in [4.78, 5) is 19.8. The number of aromatic nitrogens is 3. The van der Waals surface area contributed by atoms with Crippen LogP contribution in [0.5, 0.6) is 0 Å². The summed E-state index contributed by atoms with van der Waals surface area (Å²) in [6, 6.07) is 7.33. The standard InChI is InChI=1S/C13H10N4O/c18-13(17-7-6-15-9-17)16-12-3-1-2-10-8-14-5-4-11(10)12/h1-9H,(H,16,18). The number of carbonyl (C=O) groups is 1. The Morgan fingerprint density at radius 2 is 2.11 bits per heavy atom. The second-order valence-electron chi connectivity index (χ2n) is 3.80. The van der Waals surface area contributed by atoms with Gasteiger partial charge in [-0.15, -0.1) is 0 Å². The Balaban J connectivity index is 1.98. The Morgan fingerprint density at radius 3 is 2.94 bits per heavy atom. The molecule has 0 aliphatic carbocycles. The number of carbonyl (C=O) groups excluding carboxylic acids is 1. The van der Waals surface area contributed by atoms with Gasteiger partial charge in [-0.2, -0.15) is 0 Å². The predicted molar refractivity (Wildman–Crippen MR) is 68.4 cm³/mol. The fourth-order valence-corrected chi connectivity index (χ4v) is 1.79. The summed E-state index contributed by atoms with van der Waals surface area (Å²) in [5.74, 6) is 0. The number of pyridine rings is 1. The maximum absolute atomic E-state index is 11.9. The highest BCUT2D eigenvalue weighted by Crippen LogP contribution is 2.22. The average molecular weight is 238 g/mol. The van der Waals surface area contributed by atoms with Crippen LogP contribution in [0.15, 0.2) is 55.4 Å². The van der Waals surface area contributed by atoms with Crippen LogP contribution in [0.25, 0.3) is 10.8 Å². The summed E-state index contributed by atoms with van der Waals surface area (Å²) in [5.41, 5.74) is 0.758. The SMILES string of the molecule is O=C(Nc1cccc2cnccc12)n1ccnc1. The van der Waals surface area contributed by atoms with Gasteiger partial charge in [0.2, 0.25) is 0 Å². The Labute approximate surface area is 103 Å². The molecule has 1 N–H and O–H groups in total. The summed E-state index contributed by atoms with van der Waals surface area (Å²) in [5, 5.41) is 4.79. The van der Waals surface area contributed by atoms with Crippen molar-refractivity contribution in [3.63, 3.8) is 0 Å². The first-order valence-electron chi connectivity index (χ1n) is 5.46. The van der Waals surface area contributed by atoms with Crippen LogP contribution in [0, 0.1) is 0 Å². The van der Waals surface area contributed by atoms with Crippen molar-refractivity contribution in [1.82, 2.24) is 14.5 Å². The lowest BCUT2D eigenvalue weighted by Gasteiger charge is -2.08. The zero-order valence-corrected chi connectivity index (χ0v) is 9.45. The van der Waals surface area contributed by atoms with Gasteiger partial charge < -0.3 is 5.32 Å². The molecule has 0 fully saturated rings. The lowest BCUT2D eigenvalue weighted by atomic mass is 10.1. The van der Waals surface area contributed by atoms with Crippen LogP contribution in [-0.2, 0) is 0 Å². The molecule has 5 nitrogen and oxygen atoms in total. The van der Waals surface area contributed by atoms with Gasteiger partial charge in [0, 0.05) is 35.6 Å². The Morgan fingerprint density at radius 1 is 1.17 bits per heavy atom. The molecule has 0 bridgehead atoms. The molecular weight excluding hydrogens is 228 g/mol. The fourth-order valence-electron chi connectivity index (χ4n) is 1.79. The molecule has 2 aromatic heterocycles. The van der Waals surface area contributed by atoms with E-state index in [1.54, 1.807) is 24.8 Å². The van der Waals surface area contributed by atoms with Crippen molar-refractivity contribution in [2.75, 3.05) is 5.32 Å². The predicted octanol–water partition coefficient (Wildman–Crippen LogP) is 2.51. The van der Waals surface area contributed by atoms with Crippen molar-refractivity contribution in [2.24, 2.45) is 0 Å². The van der Waals surface area contributed by atoms with E-state index in [4.69, 9.17) is 0 Å². The van der Waals surface area contributed by atoms with Gasteiger partial charge in [-0.3, -0.25) is 9.55 Å². The molecular formula is C13H10N4O. The van der Waals surface area contributed by atoms with Crippen molar-refractivity contribution in [2.45, 2.75) is 0 Å². The highest BCUT2D eigenvalue weighted by Gasteiger charge is 2.06. The highest BCUT2D eigenvalue weighted by molar-refractivity contribution is 6.01. The van der Waals surface area contributed by atoms with Crippen molar-refractivity contribution >= 4 is 22.5 Å². The van der Waals surface area contributed by atoms with Crippen LogP contribution < -0.4 is 5.32 Å². The minimum absolute atomic E-state index is 0.239. The molecule has 0 aliphatic rings. The normalized spacial score (nSPS) is 10.4. The van der Waals surface area contributed by atoms with E-state index in [2.05, 4.69) is 15.3 Å². The molecule has 1 aromatic carbocycles. The van der Waals surface area contributed by atoms with Crippen molar-refractivity contribution < 1.29 is 4.79 Å². The molecule has 3 aromatic rings. The molecule has 18 heavy (non-hydrogen) atoms. The van der Waals surface area contributed by atoms with Crippen molar-refractivity contribution in [3.8, 4) is 0 Å². The quantitative estimate of drug-likeness (QED) is 0.708. The zero-order chi connectivity index (χ0) is 12.4. The van der Waals surface area contributed by atoms with Gasteiger partial charge in [-0.1, -0.05) is 12.1 Å². The number of hydrogen-bond donors (Lipinski definition) is 1. The summed E-state index contributed by atoms with van der Waals surface area (Å²) < 4.78 is 1.39. The molecule has 0 spiro atoms. The van der Waals surface area contributed by atoms with E-state index in [0.29, 0.717) is 0 Å². The highest BCUT2D eigenvalue weighted by atomic mass is 16.2. The molecule has 0 unspecified atom stereocenters. The Hall–Kier alpha value is -2.69. The number of nitrogens with zero attached hydrogens (tertiary/aromatic N) is 3. The molecule has 5 heteroatoms. The van der Waals surface area contributed by atoms with E-state index in [0.717, 1.165) is 16.5 Å². The lowest BCUT2D eigenvalue weighted by Crippen LogP contribution is -2.17. The number of benzene rings is 1.